The fraction of sp³-hybridized carbons (Fsp3) is 0.429. The van der Waals surface area contributed by atoms with Crippen LogP contribution in [0.5, 0.6) is 0 Å². The third-order valence-electron chi connectivity index (χ3n) is 3.57. The molecule has 0 saturated carbocycles. The molecule has 1 aromatic carbocycles. The van der Waals surface area contributed by atoms with Crippen molar-refractivity contribution in [2.45, 2.75) is 12.8 Å². The molecule has 0 aliphatic carbocycles. The van der Waals surface area contributed by atoms with E-state index in [0.717, 1.165) is 13.0 Å². The number of halogens is 2. The molecule has 2 N–H and O–H groups in total. The van der Waals surface area contributed by atoms with Crippen LogP contribution >= 0.6 is 23.2 Å². The summed E-state index contributed by atoms with van der Waals surface area (Å²) in [6, 6.07) is 5.95. The Labute approximate surface area is 113 Å². The highest BCUT2D eigenvalue weighted by atomic mass is 35.5. The van der Waals surface area contributed by atoms with Crippen LogP contribution in [0, 0.1) is 11.8 Å². The molecule has 92 valence electrons. The minimum atomic E-state index is 0.609. The van der Waals surface area contributed by atoms with Crippen LogP contribution < -0.4 is 5.32 Å². The lowest BCUT2D eigenvalue weighted by Gasteiger charge is -2.27. The highest BCUT2D eigenvalue weighted by Gasteiger charge is 2.25. The van der Waals surface area contributed by atoms with Crippen LogP contribution in [0.4, 0.5) is 0 Å². The summed E-state index contributed by atoms with van der Waals surface area (Å²) in [5, 5.41) is 3.66. The Hall–Kier alpha value is -0.500. The number of hydrogen-bond donors (Lipinski definition) is 1. The van der Waals surface area contributed by atoms with E-state index in [1.807, 2.05) is 12.1 Å². The Morgan fingerprint density at radius 2 is 2.18 bits per heavy atom. The van der Waals surface area contributed by atoms with Crippen LogP contribution in [0.15, 0.2) is 30.9 Å². The van der Waals surface area contributed by atoms with E-state index in [2.05, 4.69) is 24.0 Å². The molecule has 2 atom stereocenters. The van der Waals surface area contributed by atoms with Crippen molar-refractivity contribution in [2.24, 2.45) is 11.8 Å². The highest BCUT2D eigenvalue weighted by molar-refractivity contribution is 6.42. The molecule has 1 aliphatic rings. The van der Waals surface area contributed by atoms with E-state index >= 15 is 0 Å². The predicted octanol–water partition coefficient (Wildman–Crippen LogP) is 2.92. The smallest absolute Gasteiger partial charge is 0.0821 e. The summed E-state index contributed by atoms with van der Waals surface area (Å²) >= 11 is 12.0. The molecule has 2 rings (SSSR count). The molecule has 1 fully saturated rings. The van der Waals surface area contributed by atoms with Crippen molar-refractivity contribution in [1.82, 2.24) is 0 Å². The zero-order chi connectivity index (χ0) is 12.3. The van der Waals surface area contributed by atoms with Crippen LogP contribution in [0.25, 0.3) is 0 Å². The first-order valence-corrected chi connectivity index (χ1v) is 6.84. The Balaban J connectivity index is 2.08. The quantitative estimate of drug-likeness (QED) is 0.814. The van der Waals surface area contributed by atoms with Gasteiger partial charge < -0.3 is 5.32 Å². The maximum absolute atomic E-state index is 6.04. The van der Waals surface area contributed by atoms with E-state index in [1.165, 1.54) is 18.5 Å². The second-order valence-electron chi connectivity index (χ2n) is 4.71. The summed E-state index contributed by atoms with van der Waals surface area (Å²) in [4.78, 5) is 0. The molecule has 1 nitrogen and oxygen atoms in total. The lowest BCUT2D eigenvalue weighted by molar-refractivity contribution is -0.670. The number of quaternary nitrogens is 1. The van der Waals surface area contributed by atoms with Gasteiger partial charge in [-0.25, -0.2) is 0 Å². The van der Waals surface area contributed by atoms with E-state index in [1.54, 1.807) is 0 Å². The monoisotopic (exact) mass is 270 g/mol. The van der Waals surface area contributed by atoms with Crippen LogP contribution in [-0.4, -0.2) is 13.1 Å². The van der Waals surface area contributed by atoms with E-state index in [4.69, 9.17) is 23.2 Å². The third kappa shape index (κ3) is 3.25. The first kappa shape index (κ1) is 12.9. The fourth-order valence-electron chi connectivity index (χ4n) is 2.56. The largest absolute Gasteiger partial charge is 0.346 e. The zero-order valence-electron chi connectivity index (χ0n) is 9.83. The molecule has 0 radical (unpaired) electrons. The van der Waals surface area contributed by atoms with E-state index in [-0.39, 0.29) is 0 Å². The molecule has 0 bridgehead atoms. The van der Waals surface area contributed by atoms with Gasteiger partial charge in [-0.15, -0.1) is 6.58 Å². The third-order valence-corrected chi connectivity index (χ3v) is 4.31. The Morgan fingerprint density at radius 1 is 1.35 bits per heavy atom. The van der Waals surface area contributed by atoms with Gasteiger partial charge in [-0.05, 0) is 30.0 Å². The van der Waals surface area contributed by atoms with Crippen LogP contribution in [0.1, 0.15) is 12.0 Å². The predicted molar refractivity (Wildman–Crippen MR) is 73.6 cm³/mol. The first-order chi connectivity index (χ1) is 8.20. The molecule has 1 saturated heterocycles. The number of rotatable bonds is 3. The Morgan fingerprint density at radius 3 is 2.88 bits per heavy atom. The zero-order valence-corrected chi connectivity index (χ0v) is 11.3. The molecule has 0 unspecified atom stereocenters. The van der Waals surface area contributed by atoms with E-state index in [0.29, 0.717) is 21.9 Å². The lowest BCUT2D eigenvalue weighted by Crippen LogP contribution is -2.88. The summed E-state index contributed by atoms with van der Waals surface area (Å²) in [6.45, 7) is 6.32. The average Bonchev–Trinajstić information content (AvgIpc) is 2.34. The molecule has 3 heteroatoms. The standard InChI is InChI=1S/C14H17Cl2N/c1-2-11-9-17-6-5-12(11)7-10-3-4-13(15)14(16)8-10/h2-4,8,11-12,17H,1,5-7,9H2/p+1/t11-,12-/m1/s1. The Kier molecular flexibility index (Phi) is 4.49. The summed E-state index contributed by atoms with van der Waals surface area (Å²) < 4.78 is 0. The van der Waals surface area contributed by atoms with Crippen LogP contribution in [0.3, 0.4) is 0 Å². The molecular formula is C14H18Cl2N+. The number of hydrogen-bond acceptors (Lipinski definition) is 0. The maximum Gasteiger partial charge on any atom is 0.0821 e. The van der Waals surface area contributed by atoms with Crippen molar-refractivity contribution in [3.63, 3.8) is 0 Å². The minimum Gasteiger partial charge on any atom is -0.346 e. The highest BCUT2D eigenvalue weighted by Crippen LogP contribution is 2.27. The van der Waals surface area contributed by atoms with Gasteiger partial charge in [0.25, 0.3) is 0 Å². The molecule has 1 aliphatic heterocycles. The van der Waals surface area contributed by atoms with Gasteiger partial charge in [0.1, 0.15) is 0 Å². The van der Waals surface area contributed by atoms with Gasteiger partial charge in [0.05, 0.1) is 23.1 Å². The molecule has 0 amide bonds. The van der Waals surface area contributed by atoms with Crippen molar-refractivity contribution in [3.8, 4) is 0 Å². The van der Waals surface area contributed by atoms with Crippen molar-refractivity contribution in [1.29, 1.82) is 0 Å². The van der Waals surface area contributed by atoms with Gasteiger partial charge in [-0.3, -0.25) is 0 Å². The molecule has 0 aromatic heterocycles. The minimum absolute atomic E-state index is 0.609. The van der Waals surface area contributed by atoms with Crippen molar-refractivity contribution >= 4 is 23.2 Å². The molecule has 1 heterocycles. The SMILES string of the molecule is C=C[C@@H]1C[NH2+]CC[C@@H]1Cc1ccc(Cl)c(Cl)c1. The summed E-state index contributed by atoms with van der Waals surface area (Å²) in [6.07, 6.45) is 4.41. The molecular weight excluding hydrogens is 253 g/mol. The van der Waals surface area contributed by atoms with Gasteiger partial charge in [-0.2, -0.15) is 0 Å². The molecule has 0 spiro atoms. The van der Waals surface area contributed by atoms with Crippen molar-refractivity contribution < 1.29 is 5.32 Å². The van der Waals surface area contributed by atoms with E-state index in [9.17, 15) is 0 Å². The molecule has 1 aromatic rings. The second kappa shape index (κ2) is 5.90. The average molecular weight is 271 g/mol. The summed E-state index contributed by atoms with van der Waals surface area (Å²) in [5.41, 5.74) is 1.28. The normalized spacial score (nSPS) is 24.6. The number of benzene rings is 1. The first-order valence-electron chi connectivity index (χ1n) is 6.09. The van der Waals surface area contributed by atoms with Crippen LogP contribution in [0.2, 0.25) is 10.0 Å². The van der Waals surface area contributed by atoms with Gasteiger partial charge in [0, 0.05) is 12.3 Å². The summed E-state index contributed by atoms with van der Waals surface area (Å²) in [5.74, 6) is 1.30. The van der Waals surface area contributed by atoms with E-state index < -0.39 is 0 Å². The number of piperidine rings is 1. The van der Waals surface area contributed by atoms with Gasteiger partial charge in [0.2, 0.25) is 0 Å². The van der Waals surface area contributed by atoms with Gasteiger partial charge in [-0.1, -0.05) is 35.3 Å². The fourth-order valence-corrected chi connectivity index (χ4v) is 2.88. The Bertz CT molecular complexity index is 403. The topological polar surface area (TPSA) is 16.6 Å². The van der Waals surface area contributed by atoms with Crippen LogP contribution in [-0.2, 0) is 6.42 Å². The van der Waals surface area contributed by atoms with Gasteiger partial charge >= 0.3 is 0 Å². The lowest BCUT2D eigenvalue weighted by atomic mass is 9.82. The van der Waals surface area contributed by atoms with Crippen molar-refractivity contribution in [2.75, 3.05) is 13.1 Å². The summed E-state index contributed by atoms with van der Waals surface area (Å²) in [7, 11) is 0. The number of nitrogens with two attached hydrogens (primary N) is 1. The second-order valence-corrected chi connectivity index (χ2v) is 5.53. The maximum atomic E-state index is 6.04. The van der Waals surface area contributed by atoms with Crippen molar-refractivity contribution in [3.05, 3.63) is 46.5 Å². The molecule has 17 heavy (non-hydrogen) atoms. The van der Waals surface area contributed by atoms with Gasteiger partial charge in [0.15, 0.2) is 0 Å².